The molecule has 1 aromatic carbocycles. The lowest BCUT2D eigenvalue weighted by atomic mass is 10.2. The van der Waals surface area contributed by atoms with Gasteiger partial charge in [-0.1, -0.05) is 18.2 Å². The van der Waals surface area contributed by atoms with Crippen LogP contribution in [0.2, 0.25) is 0 Å². The molecule has 130 valence electrons. The monoisotopic (exact) mass is 354 g/mol. The number of hydrogen-bond donors (Lipinski definition) is 1. The topological polar surface area (TPSA) is 59.3 Å². The van der Waals surface area contributed by atoms with Crippen LogP contribution in [0.4, 0.5) is 0 Å². The number of thioether (sulfide) groups is 1. The Hall–Kier alpha value is -2.34. The minimum absolute atomic E-state index is 0.111. The molecule has 0 fully saturated rings. The molecule has 1 amide bonds. The van der Waals surface area contributed by atoms with Gasteiger partial charge in [0.1, 0.15) is 0 Å². The van der Waals surface area contributed by atoms with E-state index in [-0.39, 0.29) is 5.91 Å². The fraction of sp³-hybridized carbons (Fsp3) is 0.316. The number of fused-ring (bicyclic) bond motifs is 1. The molecule has 0 spiro atoms. The van der Waals surface area contributed by atoms with E-state index in [9.17, 15) is 4.79 Å². The molecule has 0 saturated carbocycles. The van der Waals surface area contributed by atoms with E-state index >= 15 is 0 Å². The molecule has 3 aromatic rings. The van der Waals surface area contributed by atoms with Gasteiger partial charge in [0, 0.05) is 42.1 Å². The van der Waals surface area contributed by atoms with Crippen molar-refractivity contribution in [1.82, 2.24) is 19.9 Å². The summed E-state index contributed by atoms with van der Waals surface area (Å²) in [7, 11) is 0. The number of aromatic nitrogens is 3. The number of nitrogens with one attached hydrogen (secondary N) is 1. The molecule has 5 nitrogen and oxygen atoms in total. The van der Waals surface area contributed by atoms with Gasteiger partial charge in [0.05, 0.1) is 5.69 Å². The van der Waals surface area contributed by atoms with Gasteiger partial charge in [-0.2, -0.15) is 5.10 Å². The van der Waals surface area contributed by atoms with Gasteiger partial charge < -0.3 is 5.32 Å². The van der Waals surface area contributed by atoms with Gasteiger partial charge in [0.25, 0.3) is 0 Å². The van der Waals surface area contributed by atoms with Crippen LogP contribution in [0.15, 0.2) is 53.7 Å². The first-order valence-electron chi connectivity index (χ1n) is 8.46. The van der Waals surface area contributed by atoms with Crippen LogP contribution < -0.4 is 5.32 Å². The predicted octanol–water partition coefficient (Wildman–Crippen LogP) is 3.27. The van der Waals surface area contributed by atoms with Gasteiger partial charge in [-0.25, -0.2) is 9.50 Å². The zero-order chi connectivity index (χ0) is 17.5. The lowest BCUT2D eigenvalue weighted by Crippen LogP contribution is -2.25. The van der Waals surface area contributed by atoms with Crippen molar-refractivity contribution in [3.05, 3.63) is 60.0 Å². The van der Waals surface area contributed by atoms with Crippen LogP contribution >= 0.6 is 11.8 Å². The summed E-state index contributed by atoms with van der Waals surface area (Å²) in [4.78, 5) is 17.5. The van der Waals surface area contributed by atoms with E-state index in [1.165, 1.54) is 4.90 Å². The summed E-state index contributed by atoms with van der Waals surface area (Å²) in [5, 5.41) is 7.36. The first kappa shape index (κ1) is 17.5. The fourth-order valence-corrected chi connectivity index (χ4v) is 3.42. The predicted molar refractivity (Wildman–Crippen MR) is 101 cm³/mol. The summed E-state index contributed by atoms with van der Waals surface area (Å²) in [5.41, 5.74) is 2.96. The minimum Gasteiger partial charge on any atom is -0.356 e. The Labute approximate surface area is 151 Å². The zero-order valence-corrected chi connectivity index (χ0v) is 15.1. The molecule has 0 aliphatic carbocycles. The van der Waals surface area contributed by atoms with Crippen LogP contribution in [0.25, 0.3) is 5.65 Å². The molecule has 25 heavy (non-hydrogen) atoms. The van der Waals surface area contributed by atoms with E-state index in [1.807, 2.05) is 48.1 Å². The lowest BCUT2D eigenvalue weighted by molar-refractivity contribution is -0.120. The molecule has 0 unspecified atom stereocenters. The highest BCUT2D eigenvalue weighted by atomic mass is 32.2. The van der Waals surface area contributed by atoms with Crippen LogP contribution in [0.1, 0.15) is 24.1 Å². The highest BCUT2D eigenvalue weighted by molar-refractivity contribution is 7.99. The van der Waals surface area contributed by atoms with Crippen LogP contribution in [-0.2, 0) is 11.2 Å². The standard InChI is InChI=1S/C19H22N4OS/c1-15-12-18-21-13-16(14-23(18)22-15)6-5-10-20-19(24)9-11-25-17-7-3-2-4-8-17/h2-4,7-8,12-14H,5-6,9-11H2,1H3,(H,20,24). The van der Waals surface area contributed by atoms with E-state index in [0.29, 0.717) is 13.0 Å². The van der Waals surface area contributed by atoms with Gasteiger partial charge >= 0.3 is 0 Å². The van der Waals surface area contributed by atoms with Crippen molar-refractivity contribution in [3.8, 4) is 0 Å². The normalized spacial score (nSPS) is 10.9. The van der Waals surface area contributed by atoms with Crippen molar-refractivity contribution in [2.24, 2.45) is 0 Å². The molecule has 0 saturated heterocycles. The average molecular weight is 354 g/mol. The fourth-order valence-electron chi connectivity index (χ4n) is 2.55. The van der Waals surface area contributed by atoms with E-state index in [0.717, 1.165) is 35.5 Å². The van der Waals surface area contributed by atoms with E-state index in [2.05, 4.69) is 27.5 Å². The van der Waals surface area contributed by atoms with Crippen LogP contribution in [0, 0.1) is 6.92 Å². The van der Waals surface area contributed by atoms with E-state index < -0.39 is 0 Å². The largest absolute Gasteiger partial charge is 0.356 e. The SMILES string of the molecule is Cc1cc2ncc(CCCNC(=O)CCSc3ccccc3)cn2n1. The third-order valence-electron chi connectivity index (χ3n) is 3.79. The highest BCUT2D eigenvalue weighted by Gasteiger charge is 2.03. The Balaban J connectivity index is 1.33. The molecule has 0 aliphatic heterocycles. The third-order valence-corrected chi connectivity index (χ3v) is 4.81. The molecule has 3 rings (SSSR count). The summed E-state index contributed by atoms with van der Waals surface area (Å²) in [6.45, 7) is 2.64. The number of aryl methyl sites for hydroxylation is 2. The first-order valence-corrected chi connectivity index (χ1v) is 9.45. The number of rotatable bonds is 8. The number of carbonyl (C=O) groups is 1. The second-order valence-corrected chi connectivity index (χ2v) is 7.08. The number of amides is 1. The van der Waals surface area contributed by atoms with Crippen LogP contribution in [0.3, 0.4) is 0 Å². The smallest absolute Gasteiger partial charge is 0.220 e. The van der Waals surface area contributed by atoms with Crippen molar-refractivity contribution < 1.29 is 4.79 Å². The number of carbonyl (C=O) groups excluding carboxylic acids is 1. The Morgan fingerprint density at radius 3 is 2.96 bits per heavy atom. The molecule has 0 atom stereocenters. The van der Waals surface area contributed by atoms with E-state index in [1.54, 1.807) is 11.8 Å². The highest BCUT2D eigenvalue weighted by Crippen LogP contribution is 2.17. The van der Waals surface area contributed by atoms with Crippen molar-refractivity contribution in [2.75, 3.05) is 12.3 Å². The van der Waals surface area contributed by atoms with Crippen molar-refractivity contribution >= 4 is 23.3 Å². The lowest BCUT2D eigenvalue weighted by Gasteiger charge is -2.06. The molecule has 1 N–H and O–H groups in total. The van der Waals surface area contributed by atoms with Gasteiger partial charge in [0.15, 0.2) is 5.65 Å². The second kappa shape index (κ2) is 8.67. The molecule has 6 heteroatoms. The first-order chi connectivity index (χ1) is 12.2. The minimum atomic E-state index is 0.111. The van der Waals surface area contributed by atoms with Gasteiger partial charge in [-0.3, -0.25) is 4.79 Å². The maximum atomic E-state index is 11.9. The molecule has 0 radical (unpaired) electrons. The van der Waals surface area contributed by atoms with Gasteiger partial charge in [-0.05, 0) is 37.5 Å². The van der Waals surface area contributed by atoms with Gasteiger partial charge in [-0.15, -0.1) is 11.8 Å². The van der Waals surface area contributed by atoms with Crippen LogP contribution in [-0.4, -0.2) is 32.8 Å². The Morgan fingerprint density at radius 2 is 2.12 bits per heavy atom. The maximum absolute atomic E-state index is 11.9. The van der Waals surface area contributed by atoms with Gasteiger partial charge in [0.2, 0.25) is 5.91 Å². The van der Waals surface area contributed by atoms with Crippen molar-refractivity contribution in [1.29, 1.82) is 0 Å². The Bertz CT molecular complexity index is 832. The summed E-state index contributed by atoms with van der Waals surface area (Å²) in [5.74, 6) is 0.912. The summed E-state index contributed by atoms with van der Waals surface area (Å²) < 4.78 is 1.81. The molecule has 2 heterocycles. The second-order valence-electron chi connectivity index (χ2n) is 5.92. The molecular formula is C19H22N4OS. The Kier molecular flexibility index (Phi) is 6.06. The van der Waals surface area contributed by atoms with Crippen molar-refractivity contribution in [3.63, 3.8) is 0 Å². The number of nitrogens with zero attached hydrogens (tertiary/aromatic N) is 3. The quantitative estimate of drug-likeness (QED) is 0.498. The number of benzene rings is 1. The summed E-state index contributed by atoms with van der Waals surface area (Å²) in [6, 6.07) is 12.1. The zero-order valence-electron chi connectivity index (χ0n) is 14.3. The van der Waals surface area contributed by atoms with Crippen molar-refractivity contribution in [2.45, 2.75) is 31.1 Å². The summed E-state index contributed by atoms with van der Waals surface area (Å²) >= 11 is 1.71. The molecule has 2 aromatic heterocycles. The molecule has 0 bridgehead atoms. The van der Waals surface area contributed by atoms with E-state index in [4.69, 9.17) is 0 Å². The number of hydrogen-bond acceptors (Lipinski definition) is 4. The molecule has 0 aliphatic rings. The molecular weight excluding hydrogens is 332 g/mol. The summed E-state index contributed by atoms with van der Waals surface area (Å²) in [6.07, 6.45) is 6.20. The Morgan fingerprint density at radius 1 is 1.28 bits per heavy atom. The third kappa shape index (κ3) is 5.32. The average Bonchev–Trinajstić information content (AvgIpc) is 2.99. The van der Waals surface area contributed by atoms with Crippen LogP contribution in [0.5, 0.6) is 0 Å². The maximum Gasteiger partial charge on any atom is 0.220 e.